The molecule has 0 bridgehead atoms. The van der Waals surface area contributed by atoms with Crippen LogP contribution in [0.4, 0.5) is 10.1 Å². The number of nitrogens with one attached hydrogen (secondary N) is 1. The normalized spacial score (nSPS) is 16.2. The molecule has 1 saturated heterocycles. The van der Waals surface area contributed by atoms with Crippen LogP contribution in [0.15, 0.2) is 47.4 Å². The second-order valence-electron chi connectivity index (χ2n) is 6.62. The second-order valence-corrected chi connectivity index (χ2v) is 9.09. The average molecular weight is 436 g/mol. The summed E-state index contributed by atoms with van der Waals surface area (Å²) in [4.78, 5) is 14.2. The van der Waals surface area contributed by atoms with E-state index in [0.29, 0.717) is 24.3 Å². The summed E-state index contributed by atoms with van der Waals surface area (Å²) in [5.74, 6) is -0.793. The molecule has 0 spiro atoms. The minimum Gasteiger partial charge on any atom is -0.323 e. The van der Waals surface area contributed by atoms with Crippen molar-refractivity contribution in [3.05, 3.63) is 48.3 Å². The van der Waals surface area contributed by atoms with Gasteiger partial charge in [-0.1, -0.05) is 12.1 Å². The number of piperazine rings is 1. The van der Waals surface area contributed by atoms with E-state index in [4.69, 9.17) is 0 Å². The highest BCUT2D eigenvalue weighted by Gasteiger charge is 2.29. The van der Waals surface area contributed by atoms with Gasteiger partial charge in [0, 0.05) is 26.2 Å². The number of anilines is 1. The summed E-state index contributed by atoms with van der Waals surface area (Å²) in [6, 6.07) is 10.4. The van der Waals surface area contributed by atoms with Gasteiger partial charge in [-0.15, -0.1) is 0 Å². The first kappa shape index (κ1) is 19.8. The molecule has 1 aliphatic heterocycles. The van der Waals surface area contributed by atoms with E-state index >= 15 is 0 Å². The Morgan fingerprint density at radius 2 is 1.86 bits per heavy atom. The first-order valence-electron chi connectivity index (χ1n) is 8.93. The molecule has 152 valence electrons. The SMILES string of the molecule is O=C(CN1CCN(S(=O)(=O)c2cccc(F)c2)CC1)Nc1cccc2nsnc12. The molecule has 29 heavy (non-hydrogen) atoms. The van der Waals surface area contributed by atoms with Crippen LogP contribution in [0.1, 0.15) is 0 Å². The number of hydrogen-bond donors (Lipinski definition) is 1. The fourth-order valence-electron chi connectivity index (χ4n) is 3.20. The first-order chi connectivity index (χ1) is 13.9. The Bertz CT molecular complexity index is 1140. The van der Waals surface area contributed by atoms with Crippen LogP contribution in [0.3, 0.4) is 0 Å². The number of amides is 1. The molecule has 8 nitrogen and oxygen atoms in total. The minimum atomic E-state index is -3.75. The van der Waals surface area contributed by atoms with Crippen molar-refractivity contribution >= 4 is 44.4 Å². The van der Waals surface area contributed by atoms with Crippen molar-refractivity contribution in [1.29, 1.82) is 0 Å². The molecule has 11 heteroatoms. The molecule has 0 unspecified atom stereocenters. The molecule has 1 aromatic heterocycles. The van der Waals surface area contributed by atoms with E-state index in [1.54, 1.807) is 12.1 Å². The minimum absolute atomic E-state index is 0.0614. The number of aromatic nitrogens is 2. The lowest BCUT2D eigenvalue weighted by atomic mass is 10.2. The third kappa shape index (κ3) is 4.27. The van der Waals surface area contributed by atoms with Gasteiger partial charge in [-0.05, 0) is 30.3 Å². The van der Waals surface area contributed by atoms with Gasteiger partial charge in [-0.2, -0.15) is 13.1 Å². The number of sulfonamides is 1. The van der Waals surface area contributed by atoms with Gasteiger partial charge in [0.05, 0.1) is 28.9 Å². The van der Waals surface area contributed by atoms with Crippen LogP contribution in [-0.4, -0.2) is 65.0 Å². The Labute approximate surface area is 171 Å². The predicted octanol–water partition coefficient (Wildman–Crippen LogP) is 1.78. The van der Waals surface area contributed by atoms with Gasteiger partial charge in [-0.3, -0.25) is 9.69 Å². The number of benzene rings is 2. The van der Waals surface area contributed by atoms with Gasteiger partial charge >= 0.3 is 0 Å². The highest BCUT2D eigenvalue weighted by atomic mass is 32.2. The summed E-state index contributed by atoms with van der Waals surface area (Å²) in [5.41, 5.74) is 1.98. The monoisotopic (exact) mass is 435 g/mol. The molecule has 1 fully saturated rings. The molecule has 1 amide bonds. The fraction of sp³-hybridized carbons (Fsp3) is 0.278. The lowest BCUT2D eigenvalue weighted by Gasteiger charge is -2.33. The number of hydrogen-bond acceptors (Lipinski definition) is 7. The van der Waals surface area contributed by atoms with Gasteiger partial charge in [0.25, 0.3) is 0 Å². The first-order valence-corrected chi connectivity index (χ1v) is 11.1. The van der Waals surface area contributed by atoms with E-state index in [2.05, 4.69) is 14.1 Å². The number of carbonyl (C=O) groups excluding carboxylic acids is 1. The Morgan fingerprint density at radius 1 is 1.10 bits per heavy atom. The van der Waals surface area contributed by atoms with Crippen LogP contribution >= 0.6 is 11.7 Å². The summed E-state index contributed by atoms with van der Waals surface area (Å²) < 4.78 is 48.4. The zero-order chi connectivity index (χ0) is 20.4. The van der Waals surface area contributed by atoms with Crippen molar-refractivity contribution in [3.63, 3.8) is 0 Å². The third-order valence-electron chi connectivity index (χ3n) is 4.69. The smallest absolute Gasteiger partial charge is 0.243 e. The molecule has 1 N–H and O–H groups in total. The lowest BCUT2D eigenvalue weighted by molar-refractivity contribution is -0.117. The van der Waals surface area contributed by atoms with E-state index in [1.165, 1.54) is 22.5 Å². The van der Waals surface area contributed by atoms with Gasteiger partial charge in [0.2, 0.25) is 15.9 Å². The highest BCUT2D eigenvalue weighted by Crippen LogP contribution is 2.21. The van der Waals surface area contributed by atoms with E-state index in [-0.39, 0.29) is 30.4 Å². The highest BCUT2D eigenvalue weighted by molar-refractivity contribution is 7.89. The number of carbonyl (C=O) groups is 1. The molecular weight excluding hydrogens is 417 g/mol. The van der Waals surface area contributed by atoms with Crippen molar-refractivity contribution < 1.29 is 17.6 Å². The van der Waals surface area contributed by atoms with Crippen LogP contribution in [-0.2, 0) is 14.8 Å². The van der Waals surface area contributed by atoms with Crippen LogP contribution in [0.25, 0.3) is 11.0 Å². The molecule has 0 aliphatic carbocycles. The maximum Gasteiger partial charge on any atom is 0.243 e. The molecule has 3 aromatic rings. The largest absolute Gasteiger partial charge is 0.323 e. The summed E-state index contributed by atoms with van der Waals surface area (Å²) in [6.07, 6.45) is 0. The third-order valence-corrected chi connectivity index (χ3v) is 7.13. The quantitative estimate of drug-likeness (QED) is 0.656. The Hall–Kier alpha value is -2.47. The number of halogens is 1. The van der Waals surface area contributed by atoms with Crippen molar-refractivity contribution in [3.8, 4) is 0 Å². The van der Waals surface area contributed by atoms with Crippen LogP contribution < -0.4 is 5.32 Å². The Balaban J connectivity index is 1.35. The number of fused-ring (bicyclic) bond motifs is 1. The molecule has 1 aliphatic rings. The summed E-state index contributed by atoms with van der Waals surface area (Å²) in [7, 11) is -3.75. The van der Waals surface area contributed by atoms with Crippen LogP contribution in [0, 0.1) is 5.82 Å². The number of nitrogens with zero attached hydrogens (tertiary/aromatic N) is 4. The van der Waals surface area contributed by atoms with Gasteiger partial charge < -0.3 is 5.32 Å². The van der Waals surface area contributed by atoms with Crippen LogP contribution in [0.2, 0.25) is 0 Å². The van der Waals surface area contributed by atoms with Crippen LogP contribution in [0.5, 0.6) is 0 Å². The zero-order valence-corrected chi connectivity index (χ0v) is 16.9. The maximum atomic E-state index is 13.4. The molecule has 4 rings (SSSR count). The fourth-order valence-corrected chi connectivity index (χ4v) is 5.21. The van der Waals surface area contributed by atoms with Crippen molar-refractivity contribution in [2.45, 2.75) is 4.90 Å². The van der Waals surface area contributed by atoms with Gasteiger partial charge in [-0.25, -0.2) is 12.8 Å². The summed E-state index contributed by atoms with van der Waals surface area (Å²) in [5, 5.41) is 2.84. The Morgan fingerprint density at radius 3 is 2.62 bits per heavy atom. The average Bonchev–Trinajstić information content (AvgIpc) is 3.18. The summed E-state index contributed by atoms with van der Waals surface area (Å²) >= 11 is 1.08. The standard InChI is InChI=1S/C18H18FN5O3S2/c19-13-3-1-4-14(11-13)29(26,27)24-9-7-23(8-10-24)12-17(25)20-15-5-2-6-16-18(15)22-28-21-16/h1-6,11H,7-10,12H2,(H,20,25). The molecule has 0 radical (unpaired) electrons. The molecule has 2 aromatic carbocycles. The van der Waals surface area contributed by atoms with E-state index in [9.17, 15) is 17.6 Å². The Kier molecular flexibility index (Phi) is 5.54. The molecular formula is C18H18FN5O3S2. The molecule has 2 heterocycles. The predicted molar refractivity (Wildman–Crippen MR) is 108 cm³/mol. The number of rotatable bonds is 5. The lowest BCUT2D eigenvalue weighted by Crippen LogP contribution is -2.50. The van der Waals surface area contributed by atoms with Crippen molar-refractivity contribution in [1.82, 2.24) is 18.0 Å². The van der Waals surface area contributed by atoms with E-state index < -0.39 is 15.8 Å². The topological polar surface area (TPSA) is 95.5 Å². The van der Waals surface area contributed by atoms with Gasteiger partial charge in [0.15, 0.2) is 0 Å². The van der Waals surface area contributed by atoms with Crippen molar-refractivity contribution in [2.75, 3.05) is 38.0 Å². The summed E-state index contributed by atoms with van der Waals surface area (Å²) in [6.45, 7) is 1.42. The second kappa shape index (κ2) is 8.11. The van der Waals surface area contributed by atoms with Crippen molar-refractivity contribution in [2.24, 2.45) is 0 Å². The molecule has 0 atom stereocenters. The zero-order valence-electron chi connectivity index (χ0n) is 15.3. The van der Waals surface area contributed by atoms with Gasteiger partial charge in [0.1, 0.15) is 16.9 Å². The van der Waals surface area contributed by atoms with E-state index in [0.717, 1.165) is 23.3 Å². The van der Waals surface area contributed by atoms with E-state index in [1.807, 2.05) is 11.0 Å². The molecule has 0 saturated carbocycles. The maximum absolute atomic E-state index is 13.4.